The van der Waals surface area contributed by atoms with E-state index >= 15 is 0 Å². The smallest absolute Gasteiger partial charge is 0.135 e. The van der Waals surface area contributed by atoms with Crippen LogP contribution in [0, 0.1) is 18.6 Å². The van der Waals surface area contributed by atoms with E-state index in [0.29, 0.717) is 10.4 Å². The van der Waals surface area contributed by atoms with E-state index in [0.717, 1.165) is 11.3 Å². The van der Waals surface area contributed by atoms with Gasteiger partial charge in [0.05, 0.1) is 5.56 Å². The first kappa shape index (κ1) is 13.2. The molecule has 0 spiro atoms. The quantitative estimate of drug-likeness (QED) is 0.892. The van der Waals surface area contributed by atoms with E-state index in [4.69, 9.17) is 0 Å². The minimum absolute atomic E-state index is 0.264. The monoisotopic (exact) mass is 268 g/mol. The highest BCUT2D eigenvalue weighted by Crippen LogP contribution is 2.32. The van der Waals surface area contributed by atoms with Gasteiger partial charge in [0.1, 0.15) is 17.7 Å². The maximum atomic E-state index is 13.9. The molecule has 18 heavy (non-hydrogen) atoms. The van der Waals surface area contributed by atoms with Crippen molar-refractivity contribution in [1.82, 2.24) is 0 Å². The molecule has 2 rings (SSSR count). The van der Waals surface area contributed by atoms with Crippen LogP contribution in [0.4, 0.5) is 8.78 Å². The number of aliphatic hydroxyl groups excluding tert-OH is 1. The van der Waals surface area contributed by atoms with Crippen LogP contribution in [0.15, 0.2) is 24.3 Å². The van der Waals surface area contributed by atoms with Gasteiger partial charge in [-0.05, 0) is 37.1 Å². The van der Waals surface area contributed by atoms with E-state index in [9.17, 15) is 13.9 Å². The van der Waals surface area contributed by atoms with Gasteiger partial charge >= 0.3 is 0 Å². The van der Waals surface area contributed by atoms with Gasteiger partial charge in [-0.1, -0.05) is 13.0 Å². The Morgan fingerprint density at radius 1 is 1.22 bits per heavy atom. The van der Waals surface area contributed by atoms with Gasteiger partial charge in [-0.2, -0.15) is 0 Å². The fourth-order valence-corrected chi connectivity index (χ4v) is 2.75. The molecule has 0 aliphatic rings. The highest BCUT2D eigenvalue weighted by Gasteiger charge is 2.22. The molecule has 0 radical (unpaired) electrons. The third-order valence-corrected chi connectivity index (χ3v) is 4.18. The highest BCUT2D eigenvalue weighted by molar-refractivity contribution is 7.12. The maximum Gasteiger partial charge on any atom is 0.135 e. The second-order valence-electron chi connectivity index (χ2n) is 4.15. The second-order valence-corrected chi connectivity index (χ2v) is 5.35. The predicted molar refractivity (Wildman–Crippen MR) is 68.9 cm³/mol. The molecule has 0 aliphatic carbocycles. The summed E-state index contributed by atoms with van der Waals surface area (Å²) in [5.41, 5.74) is 0.0669. The summed E-state index contributed by atoms with van der Waals surface area (Å²) >= 11 is 1.38. The number of hydrogen-bond donors (Lipinski definition) is 1. The zero-order valence-corrected chi connectivity index (χ0v) is 11.0. The number of aryl methyl sites for hydroxylation is 2. The molecular weight excluding hydrogens is 254 g/mol. The van der Waals surface area contributed by atoms with Crippen molar-refractivity contribution in [2.45, 2.75) is 26.4 Å². The Morgan fingerprint density at radius 3 is 2.56 bits per heavy atom. The third-order valence-electron chi connectivity index (χ3n) is 2.89. The molecule has 0 bridgehead atoms. The summed E-state index contributed by atoms with van der Waals surface area (Å²) < 4.78 is 27.6. The van der Waals surface area contributed by atoms with Crippen molar-refractivity contribution in [2.24, 2.45) is 0 Å². The molecule has 0 amide bonds. The fraction of sp³-hybridized carbons (Fsp3) is 0.286. The summed E-state index contributed by atoms with van der Waals surface area (Å²) in [5, 5.41) is 10.1. The topological polar surface area (TPSA) is 20.2 Å². The number of hydrogen-bond acceptors (Lipinski definition) is 2. The van der Waals surface area contributed by atoms with Crippen molar-refractivity contribution in [3.8, 4) is 0 Å². The lowest BCUT2D eigenvalue weighted by molar-refractivity contribution is 0.212. The maximum absolute atomic E-state index is 13.9. The van der Waals surface area contributed by atoms with Gasteiger partial charge in [-0.25, -0.2) is 8.78 Å². The molecule has 1 N–H and O–H groups in total. The molecule has 96 valence electrons. The number of aliphatic hydroxyl groups is 1. The molecule has 0 saturated heterocycles. The molecule has 0 saturated carbocycles. The molecule has 1 aromatic carbocycles. The Labute approximate surface area is 109 Å². The van der Waals surface area contributed by atoms with Crippen LogP contribution < -0.4 is 0 Å². The zero-order valence-electron chi connectivity index (χ0n) is 10.2. The molecular formula is C14H14F2OS. The van der Waals surface area contributed by atoms with E-state index in [1.54, 1.807) is 13.0 Å². The van der Waals surface area contributed by atoms with E-state index in [1.165, 1.54) is 23.5 Å². The Hall–Kier alpha value is -1.26. The average molecular weight is 268 g/mol. The van der Waals surface area contributed by atoms with E-state index < -0.39 is 17.7 Å². The van der Waals surface area contributed by atoms with Gasteiger partial charge < -0.3 is 5.11 Å². The van der Waals surface area contributed by atoms with Crippen molar-refractivity contribution in [3.63, 3.8) is 0 Å². The molecule has 1 nitrogen and oxygen atoms in total. The molecule has 0 fully saturated rings. The van der Waals surface area contributed by atoms with Crippen LogP contribution in [0.1, 0.15) is 33.9 Å². The normalized spacial score (nSPS) is 12.7. The van der Waals surface area contributed by atoms with Crippen molar-refractivity contribution < 1.29 is 13.9 Å². The van der Waals surface area contributed by atoms with Gasteiger partial charge in [0, 0.05) is 9.75 Å². The zero-order chi connectivity index (χ0) is 13.3. The fourth-order valence-electron chi connectivity index (χ4n) is 1.80. The Bertz CT molecular complexity index is 563. The minimum Gasteiger partial charge on any atom is -0.383 e. The molecule has 2 aromatic rings. The predicted octanol–water partition coefficient (Wildman–Crippen LogP) is 3.98. The number of rotatable bonds is 3. The van der Waals surface area contributed by atoms with Crippen LogP contribution in [0.2, 0.25) is 0 Å². The summed E-state index contributed by atoms with van der Waals surface area (Å²) in [5.74, 6) is -1.38. The standard InChI is InChI=1S/C14H14F2OS/c1-3-9-5-7-11(18-9)14(17)12-10(15)6-4-8(2)13(12)16/h4-7,14,17H,3H2,1-2H3. The lowest BCUT2D eigenvalue weighted by atomic mass is 10.0. The Morgan fingerprint density at radius 2 is 1.94 bits per heavy atom. The molecule has 0 aliphatic heterocycles. The van der Waals surface area contributed by atoms with Crippen LogP contribution in [0.3, 0.4) is 0 Å². The van der Waals surface area contributed by atoms with E-state index in [1.807, 2.05) is 13.0 Å². The molecule has 1 heterocycles. The van der Waals surface area contributed by atoms with Crippen LogP contribution in [0.5, 0.6) is 0 Å². The highest BCUT2D eigenvalue weighted by atomic mass is 32.1. The SMILES string of the molecule is CCc1ccc(C(O)c2c(F)ccc(C)c2F)s1. The molecule has 4 heteroatoms. The van der Waals surface area contributed by atoms with Gasteiger partial charge in [-0.3, -0.25) is 0 Å². The molecule has 1 unspecified atom stereocenters. The largest absolute Gasteiger partial charge is 0.383 e. The van der Waals surface area contributed by atoms with Crippen molar-refractivity contribution in [1.29, 1.82) is 0 Å². The summed E-state index contributed by atoms with van der Waals surface area (Å²) in [6.45, 7) is 3.55. The van der Waals surface area contributed by atoms with Gasteiger partial charge in [0.15, 0.2) is 0 Å². The van der Waals surface area contributed by atoms with Crippen LogP contribution in [-0.2, 0) is 6.42 Å². The first-order valence-electron chi connectivity index (χ1n) is 5.75. The number of halogens is 2. The first-order chi connectivity index (χ1) is 8.54. The van der Waals surface area contributed by atoms with Crippen LogP contribution >= 0.6 is 11.3 Å². The number of benzene rings is 1. The first-order valence-corrected chi connectivity index (χ1v) is 6.57. The summed E-state index contributed by atoms with van der Waals surface area (Å²) in [6.07, 6.45) is -0.397. The molecule has 1 aromatic heterocycles. The minimum atomic E-state index is -1.24. The van der Waals surface area contributed by atoms with Gasteiger partial charge in [-0.15, -0.1) is 11.3 Å². The van der Waals surface area contributed by atoms with Crippen LogP contribution in [0.25, 0.3) is 0 Å². The summed E-state index contributed by atoms with van der Waals surface area (Å²) in [6, 6.07) is 6.14. The van der Waals surface area contributed by atoms with E-state index in [2.05, 4.69) is 0 Å². The average Bonchev–Trinajstić information content (AvgIpc) is 2.83. The van der Waals surface area contributed by atoms with Gasteiger partial charge in [0.25, 0.3) is 0 Å². The lowest BCUT2D eigenvalue weighted by Crippen LogP contribution is -2.05. The van der Waals surface area contributed by atoms with Gasteiger partial charge in [0.2, 0.25) is 0 Å². The molecule has 1 atom stereocenters. The second kappa shape index (κ2) is 5.16. The summed E-state index contributed by atoms with van der Waals surface area (Å²) in [7, 11) is 0. The van der Waals surface area contributed by atoms with E-state index in [-0.39, 0.29) is 5.56 Å². The van der Waals surface area contributed by atoms with Crippen LogP contribution in [-0.4, -0.2) is 5.11 Å². The van der Waals surface area contributed by atoms with Crippen molar-refractivity contribution in [3.05, 3.63) is 56.8 Å². The van der Waals surface area contributed by atoms with Crippen molar-refractivity contribution >= 4 is 11.3 Å². The Kier molecular flexibility index (Phi) is 3.78. The summed E-state index contributed by atoms with van der Waals surface area (Å²) in [4.78, 5) is 1.65. The van der Waals surface area contributed by atoms with Crippen molar-refractivity contribution in [2.75, 3.05) is 0 Å². The third kappa shape index (κ3) is 2.31. The number of thiophene rings is 1. The Balaban J connectivity index is 2.45. The lowest BCUT2D eigenvalue weighted by Gasteiger charge is -2.12.